The van der Waals surface area contributed by atoms with Gasteiger partial charge in [0.1, 0.15) is 11.6 Å². The van der Waals surface area contributed by atoms with Crippen LogP contribution in [0.2, 0.25) is 0 Å². The number of rotatable bonds is 7. The molecule has 1 N–H and O–H groups in total. The summed E-state index contributed by atoms with van der Waals surface area (Å²) < 4.78 is 21.1. The molecule has 9 rings (SSSR count). The van der Waals surface area contributed by atoms with Crippen molar-refractivity contribution in [1.82, 2.24) is 14.5 Å². The summed E-state index contributed by atoms with van der Waals surface area (Å²) in [6, 6.07) is 54.7. The fraction of sp³-hybridized carbons (Fsp3) is 0.294. The molecule has 0 saturated heterocycles. The quantitative estimate of drug-likeness (QED) is 0.162. The Labute approximate surface area is 453 Å². The summed E-state index contributed by atoms with van der Waals surface area (Å²) in [6.07, 6.45) is 0.0772. The van der Waals surface area contributed by atoms with Crippen LogP contribution in [0.25, 0.3) is 83.9 Å². The van der Waals surface area contributed by atoms with E-state index in [1.54, 1.807) is 6.07 Å². The van der Waals surface area contributed by atoms with Crippen LogP contribution in [0.5, 0.6) is 5.75 Å². The van der Waals surface area contributed by atoms with Crippen molar-refractivity contribution >= 4 is 11.0 Å². The molecule has 5 heteroatoms. The first kappa shape index (κ1) is 50.2. The molecule has 73 heavy (non-hydrogen) atoms. The number of benzene rings is 7. The largest absolute Gasteiger partial charge is 0.507 e. The predicted molar refractivity (Wildman–Crippen MR) is 305 cm³/mol. The molecule has 2 heterocycles. The summed E-state index contributed by atoms with van der Waals surface area (Å²) in [5.41, 5.74) is 16.2. The molecule has 7 aromatic carbocycles. The van der Waals surface area contributed by atoms with E-state index < -0.39 is 0 Å². The summed E-state index contributed by atoms with van der Waals surface area (Å²) in [7, 11) is 0. The van der Waals surface area contributed by atoms with Crippen LogP contribution in [-0.2, 0) is 48.1 Å². The SMILES string of the molecule is [2H]c1cc(-c2ccc(-c3ccccc3C(C)(C)C)cc2)c([2H])c(-c2[c-]c(-c3cccc4c3nc(-c3cc(C(C)(C)C)cc(C(C)(C)C)c3O)n4-c3ccc(C(C)(C)C)cc3-c3ccccc3)cc(C(C)(C)C)c2)n1.[Pt]. The van der Waals surface area contributed by atoms with Crippen molar-refractivity contribution in [1.29, 1.82) is 0 Å². The third kappa shape index (κ3) is 10.7. The third-order valence-corrected chi connectivity index (χ3v) is 14.1. The fourth-order valence-corrected chi connectivity index (χ4v) is 9.73. The van der Waals surface area contributed by atoms with Crippen LogP contribution < -0.4 is 0 Å². The Morgan fingerprint density at radius 1 is 0.466 bits per heavy atom. The van der Waals surface area contributed by atoms with Gasteiger partial charge in [-0.1, -0.05) is 224 Å². The van der Waals surface area contributed by atoms with E-state index >= 15 is 0 Å². The first-order chi connectivity index (χ1) is 34.6. The van der Waals surface area contributed by atoms with Crippen molar-refractivity contribution < 1.29 is 28.9 Å². The van der Waals surface area contributed by atoms with Crippen LogP contribution >= 0.6 is 0 Å². The van der Waals surface area contributed by atoms with Gasteiger partial charge in [0.25, 0.3) is 0 Å². The van der Waals surface area contributed by atoms with Crippen molar-refractivity contribution in [2.45, 2.75) is 131 Å². The van der Waals surface area contributed by atoms with E-state index in [1.807, 2.05) is 6.07 Å². The number of aromatic nitrogens is 3. The molecule has 0 radical (unpaired) electrons. The summed E-state index contributed by atoms with van der Waals surface area (Å²) in [5.74, 6) is 0.841. The van der Waals surface area contributed by atoms with Crippen molar-refractivity contribution in [3.05, 3.63) is 192 Å². The molecule has 0 spiro atoms. The molecule has 0 saturated carbocycles. The predicted octanol–water partition coefficient (Wildman–Crippen LogP) is 18.4. The number of phenols is 1. The van der Waals surface area contributed by atoms with Gasteiger partial charge in [-0.25, -0.2) is 4.98 Å². The van der Waals surface area contributed by atoms with Gasteiger partial charge in [0, 0.05) is 44.1 Å². The maximum Gasteiger partial charge on any atom is 0.148 e. The number of fused-ring (bicyclic) bond motifs is 1. The number of phenolic OH excluding ortho intramolecular Hbond substituents is 1. The molecule has 0 amide bonds. The molecule has 0 fully saturated rings. The molecular formula is C68H72N3OPt-. The Kier molecular flexibility index (Phi) is 13.4. The molecule has 376 valence electrons. The zero-order valence-corrected chi connectivity index (χ0v) is 47.7. The van der Waals surface area contributed by atoms with Crippen molar-refractivity contribution in [2.24, 2.45) is 0 Å². The maximum atomic E-state index is 12.6. The molecule has 0 bridgehead atoms. The average Bonchev–Trinajstić information content (AvgIpc) is 3.73. The normalized spacial score (nSPS) is 12.9. The Hall–Kier alpha value is -6.35. The third-order valence-electron chi connectivity index (χ3n) is 14.1. The number of imidazole rings is 1. The van der Waals surface area contributed by atoms with Gasteiger partial charge in [-0.2, -0.15) is 0 Å². The van der Waals surface area contributed by atoms with E-state index in [9.17, 15) is 6.48 Å². The number of para-hydroxylation sites is 1. The Balaban J connectivity index is 0.00000747. The maximum absolute atomic E-state index is 12.6. The van der Waals surface area contributed by atoms with E-state index in [4.69, 9.17) is 11.3 Å². The minimum absolute atomic E-state index is 0. The summed E-state index contributed by atoms with van der Waals surface area (Å²) >= 11 is 0. The Morgan fingerprint density at radius 2 is 1.03 bits per heavy atom. The van der Waals surface area contributed by atoms with Crippen LogP contribution in [0, 0.1) is 6.07 Å². The van der Waals surface area contributed by atoms with Gasteiger partial charge in [-0.3, -0.25) is 9.55 Å². The summed E-state index contributed by atoms with van der Waals surface area (Å²) in [5, 5.41) is 12.6. The zero-order valence-electron chi connectivity index (χ0n) is 47.5. The molecular weight excluding hydrogens is 1070 g/mol. The standard InChI is InChI=1S/C68H72N3O.Pt/c1-64(2,3)49-32-33-59(54(40-49)44-22-17-16-18-23-44)71-60-27-21-25-53(61(60)70-63(71)55-41-51(66(7,8)9)42-57(62(55)72)68(13,14)15)47-36-48(38-50(37-47)65(4,5)6)58-39-46(34-35-69-58)43-28-30-45(31-29-43)52-24-19-20-26-56(52)67(10,11)12;/h16-35,37-42,72H,1-15H3;/q-1;/i35D,39D;. The number of hydrogen-bond donors (Lipinski definition) is 1. The second kappa shape index (κ2) is 19.5. The number of pyridine rings is 1. The molecule has 2 aromatic heterocycles. The summed E-state index contributed by atoms with van der Waals surface area (Å²) in [4.78, 5) is 10.5. The van der Waals surface area contributed by atoms with Crippen molar-refractivity contribution in [3.8, 4) is 78.6 Å². The van der Waals surface area contributed by atoms with Crippen molar-refractivity contribution in [2.75, 3.05) is 0 Å². The number of nitrogens with zero attached hydrogens (tertiary/aromatic N) is 3. The fourth-order valence-electron chi connectivity index (χ4n) is 9.73. The van der Waals surface area contributed by atoms with E-state index in [0.717, 1.165) is 66.8 Å². The van der Waals surface area contributed by atoms with Crippen molar-refractivity contribution in [3.63, 3.8) is 0 Å². The molecule has 0 aliphatic rings. The van der Waals surface area contributed by atoms with Gasteiger partial charge in [0.2, 0.25) is 0 Å². The molecule has 9 aromatic rings. The topological polar surface area (TPSA) is 50.9 Å². The Bertz CT molecular complexity index is 3590. The van der Waals surface area contributed by atoms with Crippen LogP contribution in [0.15, 0.2) is 158 Å². The number of aromatic hydroxyl groups is 1. The molecule has 0 atom stereocenters. The monoisotopic (exact) mass is 1140 g/mol. The minimum atomic E-state index is -0.368. The first-order valence-corrected chi connectivity index (χ1v) is 25.5. The van der Waals surface area contributed by atoms with Gasteiger partial charge < -0.3 is 5.11 Å². The minimum Gasteiger partial charge on any atom is -0.507 e. The average molecular weight is 1140 g/mol. The molecule has 0 unspecified atom stereocenters. The van der Waals surface area contributed by atoms with E-state index in [-0.39, 0.29) is 66.1 Å². The first-order valence-electron chi connectivity index (χ1n) is 26.5. The Morgan fingerprint density at radius 3 is 1.67 bits per heavy atom. The smallest absolute Gasteiger partial charge is 0.148 e. The second-order valence-corrected chi connectivity index (χ2v) is 24.8. The zero-order chi connectivity index (χ0) is 53.4. The van der Waals surface area contributed by atoms with Gasteiger partial charge >= 0.3 is 0 Å². The van der Waals surface area contributed by atoms with Crippen LogP contribution in [0.3, 0.4) is 0 Å². The van der Waals surface area contributed by atoms with E-state index in [0.29, 0.717) is 28.2 Å². The molecule has 0 aliphatic carbocycles. The van der Waals surface area contributed by atoms with Gasteiger partial charge in [-0.15, -0.1) is 29.3 Å². The second-order valence-electron chi connectivity index (χ2n) is 24.8. The van der Waals surface area contributed by atoms with E-state index in [2.05, 4.69) is 248 Å². The van der Waals surface area contributed by atoms with Crippen LogP contribution in [-0.4, -0.2) is 19.6 Å². The van der Waals surface area contributed by atoms with E-state index in [1.165, 1.54) is 16.7 Å². The van der Waals surface area contributed by atoms with Gasteiger partial charge in [0.05, 0.1) is 25.0 Å². The van der Waals surface area contributed by atoms with Gasteiger partial charge in [0.15, 0.2) is 0 Å². The molecule has 4 nitrogen and oxygen atoms in total. The van der Waals surface area contributed by atoms with Crippen LogP contribution in [0.1, 0.15) is 134 Å². The van der Waals surface area contributed by atoms with Crippen LogP contribution in [0.4, 0.5) is 0 Å². The summed E-state index contributed by atoms with van der Waals surface area (Å²) in [6.45, 7) is 33.1. The number of hydrogen-bond acceptors (Lipinski definition) is 3. The van der Waals surface area contributed by atoms with Gasteiger partial charge in [-0.05, 0) is 102 Å². The molecule has 0 aliphatic heterocycles.